The Balaban J connectivity index is 1.49. The zero-order valence-corrected chi connectivity index (χ0v) is 28.5. The molecule has 7 aromatic carbocycles. The first-order chi connectivity index (χ1) is 25.6. The lowest BCUT2D eigenvalue weighted by Gasteiger charge is -2.40. The van der Waals surface area contributed by atoms with Crippen LogP contribution in [0.2, 0.25) is 0 Å². The Hall–Kier alpha value is -7.28. The number of rotatable bonds is 4. The summed E-state index contributed by atoms with van der Waals surface area (Å²) < 4.78 is 13.0. The minimum absolute atomic E-state index is 0.566. The van der Waals surface area contributed by atoms with Crippen LogP contribution < -0.4 is 19.3 Å². The second-order valence-electron chi connectivity index (χ2n) is 12.8. The Labute approximate surface area is 302 Å². The van der Waals surface area contributed by atoms with E-state index >= 15 is 0 Å². The van der Waals surface area contributed by atoms with Crippen molar-refractivity contribution in [2.24, 2.45) is 0 Å². The first kappa shape index (κ1) is 30.8. The van der Waals surface area contributed by atoms with Crippen LogP contribution in [0.25, 0.3) is 22.3 Å². The maximum absolute atomic E-state index is 10.1. The van der Waals surface area contributed by atoms with E-state index in [0.717, 1.165) is 90.5 Å². The van der Waals surface area contributed by atoms with Crippen molar-refractivity contribution in [3.05, 3.63) is 168 Å². The molecule has 246 valence electrons. The molecule has 52 heavy (non-hydrogen) atoms. The quantitative estimate of drug-likeness (QED) is 0.186. The van der Waals surface area contributed by atoms with E-state index in [1.165, 1.54) is 0 Å². The second-order valence-corrected chi connectivity index (χ2v) is 12.8. The van der Waals surface area contributed by atoms with Crippen molar-refractivity contribution in [2.75, 3.05) is 9.80 Å². The predicted octanol–water partition coefficient (Wildman–Crippen LogP) is 12.5. The second kappa shape index (κ2) is 12.2. The van der Waals surface area contributed by atoms with Gasteiger partial charge in [0.1, 0.15) is 0 Å². The molecule has 6 nitrogen and oxygen atoms in total. The van der Waals surface area contributed by atoms with Gasteiger partial charge in [0.2, 0.25) is 0 Å². The van der Waals surface area contributed by atoms with Crippen molar-refractivity contribution >= 4 is 34.1 Å². The third kappa shape index (κ3) is 4.78. The summed E-state index contributed by atoms with van der Waals surface area (Å²) in [5, 5.41) is 20.2. The molecule has 2 aliphatic heterocycles. The van der Waals surface area contributed by atoms with Crippen LogP contribution in [-0.2, 0) is 0 Å². The number of nitrogens with zero attached hydrogens (tertiary/aromatic N) is 4. The van der Waals surface area contributed by atoms with Gasteiger partial charge in [-0.1, -0.05) is 72.8 Å². The van der Waals surface area contributed by atoms with Crippen molar-refractivity contribution < 1.29 is 9.47 Å². The smallest absolute Gasteiger partial charge is 0.151 e. The molecule has 0 amide bonds. The fourth-order valence-corrected chi connectivity index (χ4v) is 7.61. The van der Waals surface area contributed by atoms with Crippen molar-refractivity contribution in [1.82, 2.24) is 0 Å². The Morgan fingerprint density at radius 3 is 1.12 bits per heavy atom. The first-order valence-electron chi connectivity index (χ1n) is 17.1. The topological polar surface area (TPSA) is 72.5 Å². The maximum atomic E-state index is 10.1. The van der Waals surface area contributed by atoms with Crippen LogP contribution in [0.3, 0.4) is 0 Å². The molecule has 0 bridgehead atoms. The zero-order valence-electron chi connectivity index (χ0n) is 28.5. The van der Waals surface area contributed by atoms with Gasteiger partial charge in [-0.05, 0) is 109 Å². The van der Waals surface area contributed by atoms with E-state index in [4.69, 9.17) is 9.47 Å². The number of nitriles is 2. The number of fused-ring (bicyclic) bond motifs is 4. The third-order valence-corrected chi connectivity index (χ3v) is 9.81. The van der Waals surface area contributed by atoms with Crippen LogP contribution in [0, 0.1) is 36.5 Å². The van der Waals surface area contributed by atoms with E-state index in [1.807, 2.05) is 109 Å². The Morgan fingerprint density at radius 2 is 0.769 bits per heavy atom. The first-order valence-corrected chi connectivity index (χ1v) is 17.1. The van der Waals surface area contributed by atoms with Crippen LogP contribution in [0.4, 0.5) is 34.1 Å². The molecular weight excluding hydrogens is 641 g/mol. The van der Waals surface area contributed by atoms with Crippen LogP contribution in [-0.4, -0.2) is 0 Å². The standard InChI is InChI=1S/C46H30N4O2/c1-29-43(33-15-11-13-31(25-33)27-47)45(49-35-17-3-7-21-39(35)51-40-22-8-4-18-36(40)49)30(2)46(44(29)34-16-12-14-32(26-34)28-48)50-37-19-5-9-23-41(37)52-42-24-10-6-20-38(42)50/h3-26H,1-2H3. The van der Waals surface area contributed by atoms with Gasteiger partial charge in [-0.2, -0.15) is 10.5 Å². The Bertz CT molecular complexity index is 2400. The van der Waals surface area contributed by atoms with Gasteiger partial charge < -0.3 is 19.3 Å². The monoisotopic (exact) mass is 670 g/mol. The summed E-state index contributed by atoms with van der Waals surface area (Å²) in [6.45, 7) is 4.31. The minimum atomic E-state index is 0.566. The highest BCUT2D eigenvalue weighted by Crippen LogP contribution is 2.60. The highest BCUT2D eigenvalue weighted by atomic mass is 16.5. The lowest BCUT2D eigenvalue weighted by atomic mass is 9.84. The van der Waals surface area contributed by atoms with Crippen molar-refractivity contribution in [3.63, 3.8) is 0 Å². The fraction of sp³-hybridized carbons (Fsp3) is 0.0435. The molecule has 2 aliphatic rings. The van der Waals surface area contributed by atoms with E-state index in [0.29, 0.717) is 11.1 Å². The molecule has 0 saturated heterocycles. The summed E-state index contributed by atoms with van der Waals surface area (Å²) in [7, 11) is 0. The number of anilines is 6. The molecular formula is C46H30N4O2. The number of hydrogen-bond donors (Lipinski definition) is 0. The summed E-state index contributed by atoms with van der Waals surface area (Å²) in [5.74, 6) is 2.96. The number of para-hydroxylation sites is 8. The van der Waals surface area contributed by atoms with E-state index < -0.39 is 0 Å². The largest absolute Gasteiger partial charge is 0.453 e. The predicted molar refractivity (Wildman–Crippen MR) is 206 cm³/mol. The summed E-state index contributed by atoms with van der Waals surface area (Å²) in [6, 6.07) is 52.6. The SMILES string of the molecule is Cc1c(-c2cccc(C#N)c2)c(N2c3ccccc3Oc3ccccc32)c(C)c(N2c3ccccc3Oc3ccccc32)c1-c1cccc(C#N)c1. The van der Waals surface area contributed by atoms with E-state index in [-0.39, 0.29) is 0 Å². The molecule has 7 aromatic rings. The number of hydrogen-bond acceptors (Lipinski definition) is 6. The molecule has 9 rings (SSSR count). The molecule has 0 spiro atoms. The van der Waals surface area contributed by atoms with Gasteiger partial charge >= 0.3 is 0 Å². The molecule has 6 heteroatoms. The van der Waals surface area contributed by atoms with E-state index in [2.05, 4.69) is 72.2 Å². The lowest BCUT2D eigenvalue weighted by molar-refractivity contribution is 0.477. The average Bonchev–Trinajstić information content (AvgIpc) is 3.19. The molecule has 0 aromatic heterocycles. The van der Waals surface area contributed by atoms with Crippen LogP contribution in [0.1, 0.15) is 22.3 Å². The van der Waals surface area contributed by atoms with Crippen LogP contribution >= 0.6 is 0 Å². The van der Waals surface area contributed by atoms with E-state index in [9.17, 15) is 10.5 Å². The highest BCUT2D eigenvalue weighted by molar-refractivity contribution is 6.06. The van der Waals surface area contributed by atoms with Gasteiger partial charge in [0.15, 0.2) is 23.0 Å². The molecule has 0 radical (unpaired) electrons. The third-order valence-electron chi connectivity index (χ3n) is 9.81. The molecule has 2 heterocycles. The van der Waals surface area contributed by atoms with Gasteiger partial charge in [0.05, 0.1) is 57.4 Å². The highest BCUT2D eigenvalue weighted by Gasteiger charge is 2.36. The van der Waals surface area contributed by atoms with Crippen LogP contribution in [0.5, 0.6) is 23.0 Å². The van der Waals surface area contributed by atoms with Gasteiger partial charge in [0.25, 0.3) is 0 Å². The molecule has 0 saturated carbocycles. The molecule has 0 fully saturated rings. The molecule has 0 atom stereocenters. The van der Waals surface area contributed by atoms with Crippen molar-refractivity contribution in [2.45, 2.75) is 13.8 Å². The van der Waals surface area contributed by atoms with Gasteiger partial charge in [-0.3, -0.25) is 0 Å². The average molecular weight is 671 g/mol. The molecule has 0 unspecified atom stereocenters. The summed E-state index contributed by atoms with van der Waals surface area (Å²) in [6.07, 6.45) is 0. The summed E-state index contributed by atoms with van der Waals surface area (Å²) >= 11 is 0. The maximum Gasteiger partial charge on any atom is 0.151 e. The molecule has 0 aliphatic carbocycles. The van der Waals surface area contributed by atoms with Crippen molar-refractivity contribution in [3.8, 4) is 57.4 Å². The minimum Gasteiger partial charge on any atom is -0.453 e. The summed E-state index contributed by atoms with van der Waals surface area (Å²) in [4.78, 5) is 4.59. The zero-order chi connectivity index (χ0) is 35.3. The Kier molecular flexibility index (Phi) is 7.24. The lowest BCUT2D eigenvalue weighted by Crippen LogP contribution is -2.22. The molecule has 0 N–H and O–H groups in total. The van der Waals surface area contributed by atoms with Gasteiger partial charge in [-0.25, -0.2) is 0 Å². The van der Waals surface area contributed by atoms with E-state index in [1.54, 1.807) is 0 Å². The van der Waals surface area contributed by atoms with Crippen molar-refractivity contribution in [1.29, 1.82) is 10.5 Å². The summed E-state index contributed by atoms with van der Waals surface area (Å²) in [5.41, 5.74) is 12.3. The fourth-order valence-electron chi connectivity index (χ4n) is 7.61. The van der Waals surface area contributed by atoms with Gasteiger partial charge in [-0.15, -0.1) is 0 Å². The number of benzene rings is 7. The number of ether oxygens (including phenoxy) is 2. The normalized spacial score (nSPS) is 12.2. The van der Waals surface area contributed by atoms with Gasteiger partial charge in [0, 0.05) is 11.1 Å². The van der Waals surface area contributed by atoms with Crippen LogP contribution in [0.15, 0.2) is 146 Å². The Morgan fingerprint density at radius 1 is 0.423 bits per heavy atom.